The Morgan fingerprint density at radius 1 is 1.20 bits per heavy atom. The fourth-order valence-electron chi connectivity index (χ4n) is 1.27. The molecule has 2 aromatic rings. The summed E-state index contributed by atoms with van der Waals surface area (Å²) < 4.78 is 26.3. The molecular formula is C12H6F2S. The topological polar surface area (TPSA) is 0 Å². The molecule has 0 spiro atoms. The molecule has 15 heavy (non-hydrogen) atoms. The molecule has 74 valence electrons. The zero-order valence-electron chi connectivity index (χ0n) is 7.63. The van der Waals surface area contributed by atoms with Crippen LogP contribution in [0.5, 0.6) is 0 Å². The van der Waals surface area contributed by atoms with E-state index in [1.54, 1.807) is 11.4 Å². The largest absolute Gasteiger partial charge is 0.207 e. The van der Waals surface area contributed by atoms with E-state index in [4.69, 9.17) is 6.42 Å². The SMILES string of the molecule is C#Cc1cc(-c2cc(F)ccc2F)cs1. The Bertz CT molecular complexity index is 535. The molecule has 0 fully saturated rings. The van der Waals surface area contributed by atoms with Crippen LogP contribution in [-0.2, 0) is 0 Å². The van der Waals surface area contributed by atoms with E-state index in [-0.39, 0.29) is 5.56 Å². The van der Waals surface area contributed by atoms with Gasteiger partial charge in [0.15, 0.2) is 0 Å². The molecule has 0 nitrogen and oxygen atoms in total. The standard InChI is InChI=1S/C12H6F2S/c1-2-10-5-8(7-15-10)11-6-9(13)3-4-12(11)14/h1,3-7H. The lowest BCUT2D eigenvalue weighted by atomic mass is 10.1. The summed E-state index contributed by atoms with van der Waals surface area (Å²) in [6.07, 6.45) is 5.20. The van der Waals surface area contributed by atoms with Gasteiger partial charge in [-0.05, 0) is 35.2 Å². The molecule has 0 N–H and O–H groups in total. The molecule has 1 heterocycles. The molecular weight excluding hydrogens is 214 g/mol. The molecule has 1 aromatic carbocycles. The summed E-state index contributed by atoms with van der Waals surface area (Å²) in [5.41, 5.74) is 0.859. The summed E-state index contributed by atoms with van der Waals surface area (Å²) in [5, 5.41) is 1.72. The van der Waals surface area contributed by atoms with Gasteiger partial charge in [0.2, 0.25) is 0 Å². The monoisotopic (exact) mass is 220 g/mol. The lowest BCUT2D eigenvalue weighted by Crippen LogP contribution is -1.84. The van der Waals surface area contributed by atoms with Gasteiger partial charge in [0.05, 0.1) is 4.88 Å². The lowest BCUT2D eigenvalue weighted by Gasteiger charge is -1.99. The Morgan fingerprint density at radius 2 is 2.00 bits per heavy atom. The molecule has 2 rings (SSSR count). The van der Waals surface area contributed by atoms with E-state index in [0.717, 1.165) is 18.2 Å². The molecule has 1 aromatic heterocycles. The second kappa shape index (κ2) is 3.84. The highest BCUT2D eigenvalue weighted by Gasteiger charge is 2.08. The molecule has 3 heteroatoms. The Kier molecular flexibility index (Phi) is 2.53. The van der Waals surface area contributed by atoms with Gasteiger partial charge in [0.1, 0.15) is 11.6 Å². The minimum atomic E-state index is -0.458. The Balaban J connectivity index is 2.54. The fourth-order valence-corrected chi connectivity index (χ4v) is 1.98. The summed E-state index contributed by atoms with van der Waals surface area (Å²) in [5.74, 6) is 1.55. The van der Waals surface area contributed by atoms with Crippen molar-refractivity contribution in [3.05, 3.63) is 46.2 Å². The van der Waals surface area contributed by atoms with Gasteiger partial charge >= 0.3 is 0 Å². The molecule has 0 atom stereocenters. The van der Waals surface area contributed by atoms with Crippen molar-refractivity contribution < 1.29 is 8.78 Å². The van der Waals surface area contributed by atoms with Gasteiger partial charge in [-0.3, -0.25) is 0 Å². The van der Waals surface area contributed by atoms with Gasteiger partial charge in [0, 0.05) is 5.56 Å². The second-order valence-electron chi connectivity index (χ2n) is 2.97. The van der Waals surface area contributed by atoms with Crippen molar-refractivity contribution >= 4 is 11.3 Å². The van der Waals surface area contributed by atoms with E-state index in [0.29, 0.717) is 10.4 Å². The maximum absolute atomic E-state index is 13.4. The van der Waals surface area contributed by atoms with Crippen LogP contribution in [0.2, 0.25) is 0 Å². The van der Waals surface area contributed by atoms with Crippen LogP contribution in [0.25, 0.3) is 11.1 Å². The average Bonchev–Trinajstić information content (AvgIpc) is 2.70. The predicted octanol–water partition coefficient (Wildman–Crippen LogP) is 3.67. The first-order chi connectivity index (χ1) is 7.20. The fraction of sp³-hybridized carbons (Fsp3) is 0. The summed E-state index contributed by atoms with van der Waals surface area (Å²) in [6.45, 7) is 0. The van der Waals surface area contributed by atoms with Gasteiger partial charge in [-0.15, -0.1) is 17.8 Å². The Labute approximate surface area is 90.2 Å². The molecule has 0 saturated heterocycles. The number of benzene rings is 1. The highest BCUT2D eigenvalue weighted by molar-refractivity contribution is 7.11. The molecule has 0 aliphatic heterocycles. The van der Waals surface area contributed by atoms with Gasteiger partial charge < -0.3 is 0 Å². The first kappa shape index (κ1) is 9.88. The smallest absolute Gasteiger partial charge is 0.131 e. The van der Waals surface area contributed by atoms with Crippen LogP contribution in [0.1, 0.15) is 4.88 Å². The van der Waals surface area contributed by atoms with Crippen molar-refractivity contribution in [1.82, 2.24) is 0 Å². The second-order valence-corrected chi connectivity index (χ2v) is 3.88. The maximum atomic E-state index is 13.4. The van der Waals surface area contributed by atoms with Crippen molar-refractivity contribution in [3.63, 3.8) is 0 Å². The maximum Gasteiger partial charge on any atom is 0.131 e. The number of hydrogen-bond acceptors (Lipinski definition) is 1. The Morgan fingerprint density at radius 3 is 2.67 bits per heavy atom. The van der Waals surface area contributed by atoms with Crippen molar-refractivity contribution in [2.75, 3.05) is 0 Å². The summed E-state index contributed by atoms with van der Waals surface area (Å²) in [7, 11) is 0. The average molecular weight is 220 g/mol. The highest BCUT2D eigenvalue weighted by Crippen LogP contribution is 2.27. The van der Waals surface area contributed by atoms with E-state index >= 15 is 0 Å². The molecule has 0 aliphatic carbocycles. The zero-order valence-corrected chi connectivity index (χ0v) is 8.44. The van der Waals surface area contributed by atoms with Gasteiger partial charge in [-0.2, -0.15) is 0 Å². The van der Waals surface area contributed by atoms with E-state index in [1.807, 2.05) is 0 Å². The minimum Gasteiger partial charge on any atom is -0.207 e. The lowest BCUT2D eigenvalue weighted by molar-refractivity contribution is 0.603. The number of thiophene rings is 1. The van der Waals surface area contributed by atoms with E-state index in [1.165, 1.54) is 11.3 Å². The van der Waals surface area contributed by atoms with Gasteiger partial charge in [-0.1, -0.05) is 5.92 Å². The molecule has 0 saturated carbocycles. The number of halogens is 2. The third-order valence-corrected chi connectivity index (χ3v) is 2.84. The summed E-state index contributed by atoms with van der Waals surface area (Å²) >= 11 is 1.33. The van der Waals surface area contributed by atoms with Crippen molar-refractivity contribution in [1.29, 1.82) is 0 Å². The summed E-state index contributed by atoms with van der Waals surface area (Å²) in [4.78, 5) is 0.702. The normalized spacial score (nSPS) is 9.93. The van der Waals surface area contributed by atoms with E-state index in [2.05, 4.69) is 5.92 Å². The molecule has 0 unspecified atom stereocenters. The van der Waals surface area contributed by atoms with E-state index in [9.17, 15) is 8.78 Å². The van der Waals surface area contributed by atoms with Crippen molar-refractivity contribution in [2.24, 2.45) is 0 Å². The van der Waals surface area contributed by atoms with Crippen LogP contribution in [-0.4, -0.2) is 0 Å². The van der Waals surface area contributed by atoms with Crippen molar-refractivity contribution in [2.45, 2.75) is 0 Å². The number of hydrogen-bond donors (Lipinski definition) is 0. The Hall–Kier alpha value is -1.66. The molecule has 0 aliphatic rings. The van der Waals surface area contributed by atoms with Crippen LogP contribution in [0, 0.1) is 24.0 Å². The quantitative estimate of drug-likeness (QED) is 0.643. The summed E-state index contributed by atoms with van der Waals surface area (Å²) in [6, 6.07) is 5.03. The van der Waals surface area contributed by atoms with Gasteiger partial charge in [-0.25, -0.2) is 8.78 Å². The van der Waals surface area contributed by atoms with Crippen LogP contribution in [0.4, 0.5) is 8.78 Å². The van der Waals surface area contributed by atoms with Crippen LogP contribution < -0.4 is 0 Å². The minimum absolute atomic E-state index is 0.243. The van der Waals surface area contributed by atoms with E-state index < -0.39 is 11.6 Å². The highest BCUT2D eigenvalue weighted by atomic mass is 32.1. The molecule has 0 radical (unpaired) electrons. The number of terminal acetylenes is 1. The molecule has 0 amide bonds. The van der Waals surface area contributed by atoms with Gasteiger partial charge in [0.25, 0.3) is 0 Å². The third kappa shape index (κ3) is 1.90. The first-order valence-electron chi connectivity index (χ1n) is 4.21. The third-order valence-electron chi connectivity index (χ3n) is 1.98. The molecule has 0 bridgehead atoms. The predicted molar refractivity (Wildman–Crippen MR) is 57.6 cm³/mol. The van der Waals surface area contributed by atoms with Crippen molar-refractivity contribution in [3.8, 4) is 23.5 Å². The van der Waals surface area contributed by atoms with Crippen LogP contribution in [0.15, 0.2) is 29.6 Å². The zero-order chi connectivity index (χ0) is 10.8. The first-order valence-corrected chi connectivity index (χ1v) is 5.09. The van der Waals surface area contributed by atoms with Crippen LogP contribution in [0.3, 0.4) is 0 Å². The number of rotatable bonds is 1. The van der Waals surface area contributed by atoms with Crippen LogP contribution >= 0.6 is 11.3 Å².